The van der Waals surface area contributed by atoms with Crippen molar-refractivity contribution in [1.82, 2.24) is 15.4 Å². The van der Waals surface area contributed by atoms with Gasteiger partial charge in [0.25, 0.3) is 0 Å². The van der Waals surface area contributed by atoms with Crippen molar-refractivity contribution in [2.75, 3.05) is 11.9 Å². The normalized spacial score (nSPS) is 18.6. The van der Waals surface area contributed by atoms with Gasteiger partial charge in [0.05, 0.1) is 5.56 Å². The molecule has 2 amide bonds. The Morgan fingerprint density at radius 2 is 1.75 bits per heavy atom. The van der Waals surface area contributed by atoms with E-state index in [-0.39, 0.29) is 29.8 Å². The van der Waals surface area contributed by atoms with Crippen LogP contribution in [0, 0.1) is 0 Å². The van der Waals surface area contributed by atoms with Crippen LogP contribution in [0.4, 0.5) is 32.0 Å². The van der Waals surface area contributed by atoms with Crippen molar-refractivity contribution in [3.05, 3.63) is 47.8 Å². The van der Waals surface area contributed by atoms with Gasteiger partial charge in [-0.15, -0.1) is 0 Å². The number of rotatable bonds is 6. The molecule has 0 bridgehead atoms. The second kappa shape index (κ2) is 9.76. The molecule has 2 aromatic rings. The molecular weight excluding hydrogens is 498 g/mol. The number of aliphatic carboxylic acids is 1. The molecule has 1 aromatic carbocycles. The summed E-state index contributed by atoms with van der Waals surface area (Å²) >= 11 is 0. The Morgan fingerprint density at radius 3 is 2.31 bits per heavy atom. The Labute approximate surface area is 200 Å². The average Bonchev–Trinajstić information content (AvgIpc) is 3.14. The van der Waals surface area contributed by atoms with Crippen molar-refractivity contribution in [3.8, 4) is 11.1 Å². The molecule has 0 unspecified atom stereocenters. The fourth-order valence-corrected chi connectivity index (χ4v) is 3.68. The zero-order valence-electron chi connectivity index (χ0n) is 18.6. The lowest BCUT2D eigenvalue weighted by Gasteiger charge is -2.31. The van der Waals surface area contributed by atoms with E-state index >= 15 is 0 Å². The Morgan fingerprint density at radius 1 is 1.06 bits per heavy atom. The number of carbonyl (C=O) groups is 3. The van der Waals surface area contributed by atoms with Gasteiger partial charge in [0.2, 0.25) is 11.8 Å². The third-order valence-corrected chi connectivity index (χ3v) is 5.67. The number of halogens is 6. The maximum Gasteiger partial charge on any atom is 0.433 e. The van der Waals surface area contributed by atoms with Crippen LogP contribution in [0.2, 0.25) is 0 Å². The Kier molecular flexibility index (Phi) is 7.30. The fraction of sp³-hybridized carbons (Fsp3) is 0.364. The lowest BCUT2D eigenvalue weighted by Crippen LogP contribution is -2.56. The van der Waals surface area contributed by atoms with E-state index in [4.69, 9.17) is 0 Å². The first kappa shape index (κ1) is 26.9. The van der Waals surface area contributed by atoms with Crippen molar-refractivity contribution in [3.63, 3.8) is 0 Å². The molecule has 3 N–H and O–H groups in total. The summed E-state index contributed by atoms with van der Waals surface area (Å²) < 4.78 is 78.1. The van der Waals surface area contributed by atoms with E-state index in [1.165, 1.54) is 11.9 Å². The summed E-state index contributed by atoms with van der Waals surface area (Å²) in [4.78, 5) is 39.5. The maximum absolute atomic E-state index is 13.2. The smallest absolute Gasteiger partial charge is 0.433 e. The predicted octanol–water partition coefficient (Wildman–Crippen LogP) is 4.09. The van der Waals surface area contributed by atoms with Crippen LogP contribution in [0.15, 0.2) is 36.5 Å². The van der Waals surface area contributed by atoms with E-state index in [9.17, 15) is 45.8 Å². The van der Waals surface area contributed by atoms with E-state index < -0.39 is 53.4 Å². The molecule has 8 nitrogen and oxygen atoms in total. The number of hydrogen-bond donors (Lipinski definition) is 3. The van der Waals surface area contributed by atoms with E-state index in [0.29, 0.717) is 24.6 Å². The van der Waals surface area contributed by atoms with Gasteiger partial charge >= 0.3 is 18.3 Å². The summed E-state index contributed by atoms with van der Waals surface area (Å²) in [6.07, 6.45) is -8.85. The molecular formula is C22H20F6N4O4. The van der Waals surface area contributed by atoms with Crippen LogP contribution in [0.25, 0.3) is 11.1 Å². The summed E-state index contributed by atoms with van der Waals surface area (Å²) in [6.45, 7) is 1.65. The van der Waals surface area contributed by atoms with Gasteiger partial charge in [0.1, 0.15) is 17.7 Å². The molecule has 1 saturated heterocycles. The Balaban J connectivity index is 1.81. The number of nitrogens with zero attached hydrogens (tertiary/aromatic N) is 2. The number of carboxylic acid groups (broad SMARTS) is 1. The monoisotopic (exact) mass is 518 g/mol. The second-order valence-electron chi connectivity index (χ2n) is 8.28. The zero-order chi connectivity index (χ0) is 26.9. The average molecular weight is 518 g/mol. The first-order valence-corrected chi connectivity index (χ1v) is 10.5. The highest BCUT2D eigenvalue weighted by molar-refractivity contribution is 6.05. The molecule has 0 aliphatic carbocycles. The van der Waals surface area contributed by atoms with Gasteiger partial charge in [-0.2, -0.15) is 26.3 Å². The van der Waals surface area contributed by atoms with Crippen LogP contribution in [0.3, 0.4) is 0 Å². The lowest BCUT2D eigenvalue weighted by atomic mass is 10.0. The Hall–Kier alpha value is -3.68. The first-order valence-electron chi connectivity index (χ1n) is 10.5. The molecule has 0 radical (unpaired) electrons. The molecule has 3 rings (SSSR count). The number of benzene rings is 1. The van der Waals surface area contributed by atoms with E-state index in [1.807, 2.05) is 0 Å². The van der Waals surface area contributed by atoms with Gasteiger partial charge < -0.3 is 10.4 Å². The van der Waals surface area contributed by atoms with Gasteiger partial charge in [-0.05, 0) is 44.0 Å². The fourth-order valence-electron chi connectivity index (χ4n) is 3.68. The Bertz CT molecular complexity index is 1170. The number of hydrogen-bond acceptors (Lipinski definition) is 5. The van der Waals surface area contributed by atoms with Crippen LogP contribution in [0.5, 0.6) is 0 Å². The number of pyridine rings is 1. The lowest BCUT2D eigenvalue weighted by molar-refractivity contribution is -0.152. The zero-order valence-corrected chi connectivity index (χ0v) is 18.6. The highest BCUT2D eigenvalue weighted by Crippen LogP contribution is 2.37. The van der Waals surface area contributed by atoms with Gasteiger partial charge in [-0.3, -0.25) is 24.8 Å². The SMILES string of the molecule is C[C@]1(C(=O)O)CCCN1NC(=O)CC(=O)Nc1ccc(C(F)(F)F)cc1-c1ccc(C(F)(F)F)nc1. The van der Waals surface area contributed by atoms with Gasteiger partial charge in [-0.25, -0.2) is 5.01 Å². The molecule has 1 fully saturated rings. The molecule has 14 heteroatoms. The topological polar surface area (TPSA) is 112 Å². The van der Waals surface area contributed by atoms with Crippen LogP contribution >= 0.6 is 0 Å². The summed E-state index contributed by atoms with van der Waals surface area (Å²) in [6, 6.07) is 3.72. The van der Waals surface area contributed by atoms with E-state index in [0.717, 1.165) is 18.3 Å². The number of aromatic nitrogens is 1. The number of nitrogens with one attached hydrogen (secondary N) is 2. The van der Waals surface area contributed by atoms with Crippen molar-refractivity contribution in [1.29, 1.82) is 0 Å². The molecule has 1 atom stereocenters. The van der Waals surface area contributed by atoms with E-state index in [2.05, 4.69) is 15.7 Å². The quantitative estimate of drug-likeness (QED) is 0.393. The number of carbonyl (C=O) groups excluding carboxylic acids is 2. The van der Waals surface area contributed by atoms with Gasteiger partial charge in [0, 0.05) is 29.6 Å². The number of carboxylic acids is 1. The second-order valence-corrected chi connectivity index (χ2v) is 8.28. The third kappa shape index (κ3) is 5.93. The first-order chi connectivity index (χ1) is 16.6. The minimum Gasteiger partial charge on any atom is -0.480 e. The van der Waals surface area contributed by atoms with Gasteiger partial charge in [-0.1, -0.05) is 6.07 Å². The number of alkyl halides is 6. The van der Waals surface area contributed by atoms with Gasteiger partial charge in [0.15, 0.2) is 0 Å². The summed E-state index contributed by atoms with van der Waals surface area (Å²) in [5, 5.41) is 12.9. The minimum atomic E-state index is -4.77. The van der Waals surface area contributed by atoms with Crippen LogP contribution in [0.1, 0.15) is 37.4 Å². The van der Waals surface area contributed by atoms with Crippen molar-refractivity contribution in [2.24, 2.45) is 0 Å². The molecule has 2 heterocycles. The molecule has 1 aliphatic rings. The van der Waals surface area contributed by atoms with Crippen molar-refractivity contribution >= 4 is 23.5 Å². The molecule has 1 aliphatic heterocycles. The molecule has 0 saturated carbocycles. The number of hydrazine groups is 1. The van der Waals surface area contributed by atoms with Crippen LogP contribution in [-0.4, -0.2) is 45.0 Å². The predicted molar refractivity (Wildman–Crippen MR) is 113 cm³/mol. The molecule has 1 aromatic heterocycles. The standard InChI is InChI=1S/C22H20F6N4O4/c1-20(19(35)36)7-2-8-32(20)31-18(34)10-17(33)30-15-5-4-13(21(23,24)25)9-14(15)12-3-6-16(29-11-12)22(26,27)28/h3-6,9,11H,2,7-8,10H2,1H3,(H,30,33)(H,31,34)(H,35,36)/t20-/m1/s1. The number of anilines is 1. The van der Waals surface area contributed by atoms with Crippen LogP contribution in [-0.2, 0) is 26.7 Å². The molecule has 0 spiro atoms. The number of amides is 2. The largest absolute Gasteiger partial charge is 0.480 e. The molecule has 194 valence electrons. The maximum atomic E-state index is 13.2. The third-order valence-electron chi connectivity index (χ3n) is 5.67. The highest BCUT2D eigenvalue weighted by Gasteiger charge is 2.44. The van der Waals surface area contributed by atoms with Crippen molar-refractivity contribution in [2.45, 2.75) is 44.1 Å². The summed E-state index contributed by atoms with van der Waals surface area (Å²) in [7, 11) is 0. The van der Waals surface area contributed by atoms with E-state index in [1.54, 1.807) is 0 Å². The van der Waals surface area contributed by atoms with Crippen LogP contribution < -0.4 is 10.7 Å². The highest BCUT2D eigenvalue weighted by atomic mass is 19.4. The summed E-state index contributed by atoms with van der Waals surface area (Å²) in [5.41, 5.74) is -1.98. The summed E-state index contributed by atoms with van der Waals surface area (Å²) in [5.74, 6) is -2.96. The minimum absolute atomic E-state index is 0.136. The molecule has 36 heavy (non-hydrogen) atoms. The van der Waals surface area contributed by atoms with Crippen molar-refractivity contribution < 1.29 is 45.8 Å².